The van der Waals surface area contributed by atoms with E-state index in [2.05, 4.69) is 0 Å². The van der Waals surface area contributed by atoms with Crippen LogP contribution in [0.4, 0.5) is 17.6 Å². The third-order valence-electron chi connectivity index (χ3n) is 3.39. The van der Waals surface area contributed by atoms with E-state index < -0.39 is 34.9 Å². The van der Waals surface area contributed by atoms with Crippen molar-refractivity contribution in [2.24, 2.45) is 5.84 Å². The number of aryl methyl sites for hydroxylation is 1. The maximum Gasteiger partial charge on any atom is 0.417 e. The summed E-state index contributed by atoms with van der Waals surface area (Å²) in [5.41, 5.74) is -1.94. The Bertz CT molecular complexity index is 853. The van der Waals surface area contributed by atoms with E-state index in [1.807, 2.05) is 22.6 Å². The van der Waals surface area contributed by atoms with E-state index in [-0.39, 0.29) is 10.6 Å². The molecule has 25 heavy (non-hydrogen) atoms. The Labute approximate surface area is 153 Å². The van der Waals surface area contributed by atoms with Crippen LogP contribution in [0.1, 0.15) is 31.8 Å². The Morgan fingerprint density at radius 1 is 1.12 bits per heavy atom. The summed E-state index contributed by atoms with van der Waals surface area (Å²) in [6, 6.07) is 6.45. The van der Waals surface area contributed by atoms with Gasteiger partial charge in [0.05, 0.1) is 11.1 Å². The second-order valence-electron chi connectivity index (χ2n) is 5.10. The van der Waals surface area contributed by atoms with Crippen LogP contribution < -0.4 is 5.84 Å². The van der Waals surface area contributed by atoms with Gasteiger partial charge in [-0.3, -0.25) is 9.59 Å². The molecule has 0 heterocycles. The summed E-state index contributed by atoms with van der Waals surface area (Å²) in [5.74, 6) is 1.36. The standard InChI is InChI=1S/C16H11F4IN2O2/c1-8-5-6-9(7-12(8)21)14(24)23(22)15(25)13-10(16(18,19)20)3-2-4-11(13)17/h2-7H,22H2,1H3. The predicted octanol–water partition coefficient (Wildman–Crippen LogP) is 3.91. The molecule has 2 amide bonds. The van der Waals surface area contributed by atoms with Crippen molar-refractivity contribution < 1.29 is 27.2 Å². The molecule has 0 atom stereocenters. The number of amides is 2. The van der Waals surface area contributed by atoms with Gasteiger partial charge >= 0.3 is 6.18 Å². The van der Waals surface area contributed by atoms with Crippen LogP contribution in [0.15, 0.2) is 36.4 Å². The predicted molar refractivity (Wildman–Crippen MR) is 90.0 cm³/mol. The maximum atomic E-state index is 13.9. The molecule has 0 aliphatic heterocycles. The van der Waals surface area contributed by atoms with E-state index in [0.717, 1.165) is 11.6 Å². The molecule has 9 heteroatoms. The van der Waals surface area contributed by atoms with E-state index >= 15 is 0 Å². The first-order chi connectivity index (χ1) is 11.5. The SMILES string of the molecule is Cc1ccc(C(=O)N(N)C(=O)c2c(F)cccc2C(F)(F)F)cc1I. The topological polar surface area (TPSA) is 63.4 Å². The summed E-state index contributed by atoms with van der Waals surface area (Å²) in [4.78, 5) is 24.5. The quantitative estimate of drug-likeness (QED) is 0.182. The minimum absolute atomic E-state index is 0.00394. The molecule has 0 fully saturated rings. The lowest BCUT2D eigenvalue weighted by molar-refractivity contribution is -0.138. The third kappa shape index (κ3) is 3.98. The fraction of sp³-hybridized carbons (Fsp3) is 0.125. The molecule has 0 bridgehead atoms. The molecule has 4 nitrogen and oxygen atoms in total. The van der Waals surface area contributed by atoms with Gasteiger partial charge in [-0.1, -0.05) is 12.1 Å². The summed E-state index contributed by atoms with van der Waals surface area (Å²) >= 11 is 1.95. The van der Waals surface area contributed by atoms with Gasteiger partial charge in [-0.2, -0.15) is 13.2 Å². The van der Waals surface area contributed by atoms with Crippen LogP contribution in [-0.4, -0.2) is 16.8 Å². The molecule has 0 radical (unpaired) electrons. The molecule has 0 aliphatic rings. The number of hydrazine groups is 1. The number of hydrogen-bond acceptors (Lipinski definition) is 3. The van der Waals surface area contributed by atoms with Crippen LogP contribution in [0.25, 0.3) is 0 Å². The number of carbonyl (C=O) groups excluding carboxylic acids is 2. The minimum Gasteiger partial charge on any atom is -0.267 e. The second-order valence-corrected chi connectivity index (χ2v) is 6.27. The van der Waals surface area contributed by atoms with Crippen LogP contribution in [0.5, 0.6) is 0 Å². The van der Waals surface area contributed by atoms with E-state index in [9.17, 15) is 27.2 Å². The van der Waals surface area contributed by atoms with Crippen molar-refractivity contribution in [2.75, 3.05) is 0 Å². The Morgan fingerprint density at radius 3 is 2.32 bits per heavy atom. The molecule has 0 aliphatic carbocycles. The van der Waals surface area contributed by atoms with Crippen molar-refractivity contribution in [3.63, 3.8) is 0 Å². The van der Waals surface area contributed by atoms with Gasteiger partial charge in [0.25, 0.3) is 11.8 Å². The molecule has 0 saturated carbocycles. The number of imide groups is 1. The summed E-state index contributed by atoms with van der Waals surface area (Å²) in [6.45, 7) is 1.79. The molecule has 2 aromatic rings. The van der Waals surface area contributed by atoms with Crippen LogP contribution in [-0.2, 0) is 6.18 Å². The van der Waals surface area contributed by atoms with Gasteiger partial charge in [0.1, 0.15) is 5.82 Å². The molecule has 0 saturated heterocycles. The van der Waals surface area contributed by atoms with Crippen LogP contribution in [0.3, 0.4) is 0 Å². The zero-order chi connectivity index (χ0) is 18.9. The fourth-order valence-electron chi connectivity index (χ4n) is 2.06. The average molecular weight is 466 g/mol. The number of alkyl halides is 3. The lowest BCUT2D eigenvalue weighted by Crippen LogP contribution is -2.43. The summed E-state index contributed by atoms with van der Waals surface area (Å²) < 4.78 is 53.6. The Morgan fingerprint density at radius 2 is 1.76 bits per heavy atom. The minimum atomic E-state index is -4.98. The van der Waals surface area contributed by atoms with Crippen LogP contribution in [0.2, 0.25) is 0 Å². The van der Waals surface area contributed by atoms with Crippen molar-refractivity contribution in [1.29, 1.82) is 0 Å². The summed E-state index contributed by atoms with van der Waals surface area (Å²) in [5, 5.41) is -0.0194. The zero-order valence-electron chi connectivity index (χ0n) is 12.7. The molecule has 2 N–H and O–H groups in total. The van der Waals surface area contributed by atoms with Crippen LogP contribution in [0, 0.1) is 16.3 Å². The molecule has 2 aromatic carbocycles. The molecule has 0 unspecified atom stereocenters. The largest absolute Gasteiger partial charge is 0.417 e. The first-order valence-corrected chi connectivity index (χ1v) is 7.87. The van der Waals surface area contributed by atoms with Gasteiger partial charge in [-0.15, -0.1) is 0 Å². The lowest BCUT2D eigenvalue weighted by atomic mass is 10.0. The van der Waals surface area contributed by atoms with Crippen LogP contribution >= 0.6 is 22.6 Å². The van der Waals surface area contributed by atoms with Crippen molar-refractivity contribution in [1.82, 2.24) is 5.01 Å². The number of halogens is 5. The van der Waals surface area contributed by atoms with E-state index in [1.54, 1.807) is 13.0 Å². The highest BCUT2D eigenvalue weighted by Gasteiger charge is 2.38. The Hall–Kier alpha value is -2.01. The van der Waals surface area contributed by atoms with E-state index in [4.69, 9.17) is 5.84 Å². The Kier molecular flexibility index (Phi) is 5.47. The number of nitrogens with zero attached hydrogens (tertiary/aromatic N) is 1. The number of rotatable bonds is 2. The number of benzene rings is 2. The first-order valence-electron chi connectivity index (χ1n) is 6.79. The fourth-order valence-corrected chi connectivity index (χ4v) is 2.57. The average Bonchev–Trinajstić information content (AvgIpc) is 2.54. The molecule has 132 valence electrons. The summed E-state index contributed by atoms with van der Waals surface area (Å²) in [7, 11) is 0. The van der Waals surface area contributed by atoms with Crippen molar-refractivity contribution in [3.05, 3.63) is 68.0 Å². The Balaban J connectivity index is 2.44. The van der Waals surface area contributed by atoms with Gasteiger partial charge < -0.3 is 0 Å². The molecule has 0 spiro atoms. The van der Waals surface area contributed by atoms with Gasteiger partial charge in [0.15, 0.2) is 0 Å². The summed E-state index contributed by atoms with van der Waals surface area (Å²) in [6.07, 6.45) is -4.98. The highest BCUT2D eigenvalue weighted by atomic mass is 127. The van der Waals surface area contributed by atoms with Gasteiger partial charge in [-0.05, 0) is 59.3 Å². The van der Waals surface area contributed by atoms with E-state index in [0.29, 0.717) is 15.7 Å². The highest BCUT2D eigenvalue weighted by Crippen LogP contribution is 2.33. The molecule has 2 rings (SSSR count). The van der Waals surface area contributed by atoms with Crippen molar-refractivity contribution in [2.45, 2.75) is 13.1 Å². The zero-order valence-corrected chi connectivity index (χ0v) is 14.9. The number of hydrogen-bond donors (Lipinski definition) is 1. The number of carbonyl (C=O) groups is 2. The first kappa shape index (κ1) is 19.3. The van der Waals surface area contributed by atoms with Crippen molar-refractivity contribution >= 4 is 34.4 Å². The normalized spacial score (nSPS) is 11.3. The van der Waals surface area contributed by atoms with Gasteiger partial charge in [0, 0.05) is 9.13 Å². The van der Waals surface area contributed by atoms with Gasteiger partial charge in [0.2, 0.25) is 0 Å². The third-order valence-corrected chi connectivity index (χ3v) is 4.55. The number of nitrogens with two attached hydrogens (primary N) is 1. The maximum absolute atomic E-state index is 13.9. The van der Waals surface area contributed by atoms with E-state index in [1.165, 1.54) is 12.1 Å². The molecular formula is C16H11F4IN2O2. The highest BCUT2D eigenvalue weighted by molar-refractivity contribution is 14.1. The molecular weight excluding hydrogens is 455 g/mol. The van der Waals surface area contributed by atoms with Crippen molar-refractivity contribution in [3.8, 4) is 0 Å². The second kappa shape index (κ2) is 7.08. The molecule has 0 aromatic heterocycles. The lowest BCUT2D eigenvalue weighted by Gasteiger charge is -2.18. The van der Waals surface area contributed by atoms with Gasteiger partial charge in [-0.25, -0.2) is 15.2 Å². The smallest absolute Gasteiger partial charge is 0.267 e. The monoisotopic (exact) mass is 466 g/mol.